The standard InChI is InChI=1S/C19H16ClN5O4/c1-2-29-19(26)12-7-9-13(10-8-12)23-17-16(25(27)28)18(22-11-21-17)24-15-6-4-3-5-14(15)20/h3-11H,2H2,1H3,(H2,21,22,23,24). The molecule has 0 radical (unpaired) electrons. The molecule has 10 heteroatoms. The lowest BCUT2D eigenvalue weighted by Gasteiger charge is -2.11. The number of hydrogen-bond acceptors (Lipinski definition) is 8. The predicted octanol–water partition coefficient (Wildman–Crippen LogP) is 4.70. The first kappa shape index (κ1) is 20.0. The van der Waals surface area contributed by atoms with Gasteiger partial charge in [-0.25, -0.2) is 14.8 Å². The van der Waals surface area contributed by atoms with Gasteiger partial charge >= 0.3 is 11.7 Å². The van der Waals surface area contributed by atoms with Crippen LogP contribution in [-0.4, -0.2) is 27.5 Å². The number of benzene rings is 2. The molecule has 0 aliphatic rings. The normalized spacial score (nSPS) is 10.3. The summed E-state index contributed by atoms with van der Waals surface area (Å²) in [5.41, 5.74) is 1.00. The minimum absolute atomic E-state index is 0.0104. The monoisotopic (exact) mass is 413 g/mol. The number of ether oxygens (including phenoxy) is 1. The van der Waals surface area contributed by atoms with Crippen molar-refractivity contribution in [3.05, 3.63) is 75.6 Å². The number of carbonyl (C=O) groups excluding carboxylic acids is 1. The van der Waals surface area contributed by atoms with Crippen LogP contribution in [0.3, 0.4) is 0 Å². The van der Waals surface area contributed by atoms with Crippen molar-refractivity contribution in [1.29, 1.82) is 0 Å². The Morgan fingerprint density at radius 2 is 1.76 bits per heavy atom. The average Bonchev–Trinajstić information content (AvgIpc) is 2.70. The van der Waals surface area contributed by atoms with Crippen molar-refractivity contribution < 1.29 is 14.5 Å². The summed E-state index contributed by atoms with van der Waals surface area (Å²) >= 11 is 6.11. The van der Waals surface area contributed by atoms with Gasteiger partial charge in [-0.3, -0.25) is 10.1 Å². The van der Waals surface area contributed by atoms with Crippen LogP contribution in [0.4, 0.5) is 28.7 Å². The number of nitrogens with zero attached hydrogens (tertiary/aromatic N) is 3. The van der Waals surface area contributed by atoms with Gasteiger partial charge in [-0.2, -0.15) is 0 Å². The number of hydrogen-bond donors (Lipinski definition) is 2. The first-order valence-corrected chi connectivity index (χ1v) is 8.92. The van der Waals surface area contributed by atoms with Gasteiger partial charge < -0.3 is 15.4 Å². The highest BCUT2D eigenvalue weighted by Crippen LogP contribution is 2.34. The van der Waals surface area contributed by atoms with Gasteiger partial charge in [0, 0.05) is 5.69 Å². The lowest BCUT2D eigenvalue weighted by atomic mass is 10.2. The fourth-order valence-electron chi connectivity index (χ4n) is 2.47. The Bertz CT molecular complexity index is 1040. The van der Waals surface area contributed by atoms with Gasteiger partial charge in [-0.05, 0) is 43.3 Å². The summed E-state index contributed by atoms with van der Waals surface area (Å²) in [5.74, 6) is -0.467. The molecule has 0 aliphatic heterocycles. The lowest BCUT2D eigenvalue weighted by molar-refractivity contribution is -0.383. The maximum Gasteiger partial charge on any atom is 0.353 e. The Balaban J connectivity index is 1.89. The van der Waals surface area contributed by atoms with Crippen LogP contribution in [0.5, 0.6) is 0 Å². The summed E-state index contributed by atoms with van der Waals surface area (Å²) in [4.78, 5) is 30.8. The molecular formula is C19H16ClN5O4. The van der Waals surface area contributed by atoms with Crippen molar-refractivity contribution in [3.63, 3.8) is 0 Å². The van der Waals surface area contributed by atoms with Crippen LogP contribution >= 0.6 is 11.6 Å². The van der Waals surface area contributed by atoms with Crippen molar-refractivity contribution in [2.24, 2.45) is 0 Å². The summed E-state index contributed by atoms with van der Waals surface area (Å²) in [7, 11) is 0. The molecule has 3 rings (SSSR count). The van der Waals surface area contributed by atoms with E-state index < -0.39 is 10.9 Å². The smallest absolute Gasteiger partial charge is 0.353 e. The molecule has 0 fully saturated rings. The molecule has 29 heavy (non-hydrogen) atoms. The average molecular weight is 414 g/mol. The molecule has 2 N–H and O–H groups in total. The highest BCUT2D eigenvalue weighted by atomic mass is 35.5. The van der Waals surface area contributed by atoms with Crippen LogP contribution in [0.25, 0.3) is 0 Å². The van der Waals surface area contributed by atoms with E-state index in [1.807, 2.05) is 0 Å². The molecule has 0 aliphatic carbocycles. The Morgan fingerprint density at radius 3 is 2.38 bits per heavy atom. The van der Waals surface area contributed by atoms with Gasteiger partial charge in [-0.1, -0.05) is 23.7 Å². The minimum Gasteiger partial charge on any atom is -0.462 e. The molecule has 0 spiro atoms. The molecule has 1 aromatic heterocycles. The highest BCUT2D eigenvalue weighted by Gasteiger charge is 2.24. The molecule has 0 unspecified atom stereocenters. The zero-order valence-corrected chi connectivity index (χ0v) is 16.0. The summed E-state index contributed by atoms with van der Waals surface area (Å²) in [6.45, 7) is 1.99. The number of halogens is 1. The summed E-state index contributed by atoms with van der Waals surface area (Å²) in [5, 5.41) is 17.8. The number of esters is 1. The Hall–Kier alpha value is -3.72. The molecule has 0 saturated heterocycles. The Labute approximate surface area is 170 Å². The molecule has 0 amide bonds. The van der Waals surface area contributed by atoms with E-state index in [9.17, 15) is 14.9 Å². The molecule has 9 nitrogen and oxygen atoms in total. The molecule has 0 saturated carbocycles. The first-order chi connectivity index (χ1) is 14.0. The van der Waals surface area contributed by atoms with E-state index in [1.54, 1.807) is 55.5 Å². The van der Waals surface area contributed by atoms with Gasteiger partial charge in [0.15, 0.2) is 0 Å². The van der Waals surface area contributed by atoms with E-state index >= 15 is 0 Å². The van der Waals surface area contributed by atoms with E-state index in [4.69, 9.17) is 16.3 Å². The Kier molecular flexibility index (Phi) is 6.20. The second kappa shape index (κ2) is 8.98. The minimum atomic E-state index is -0.589. The predicted molar refractivity (Wildman–Crippen MR) is 109 cm³/mol. The van der Waals surface area contributed by atoms with Crippen LogP contribution in [0.15, 0.2) is 54.9 Å². The molecular weight excluding hydrogens is 398 g/mol. The molecule has 0 atom stereocenters. The van der Waals surface area contributed by atoms with Gasteiger partial charge in [0.1, 0.15) is 6.33 Å². The third-order valence-corrected chi connectivity index (χ3v) is 4.12. The second-order valence-electron chi connectivity index (χ2n) is 5.70. The van der Waals surface area contributed by atoms with E-state index in [0.717, 1.165) is 0 Å². The van der Waals surface area contributed by atoms with Gasteiger partial charge in [0.25, 0.3) is 0 Å². The largest absolute Gasteiger partial charge is 0.462 e. The summed E-state index contributed by atoms with van der Waals surface area (Å²) in [6.07, 6.45) is 1.20. The quantitative estimate of drug-likeness (QED) is 0.325. The molecule has 3 aromatic rings. The van der Waals surface area contributed by atoms with Crippen LogP contribution in [-0.2, 0) is 4.74 Å². The van der Waals surface area contributed by atoms with Gasteiger partial charge in [0.05, 0.1) is 27.8 Å². The van der Waals surface area contributed by atoms with Crippen LogP contribution in [0.1, 0.15) is 17.3 Å². The zero-order chi connectivity index (χ0) is 20.8. The van der Waals surface area contributed by atoms with Crippen molar-refractivity contribution in [2.75, 3.05) is 17.2 Å². The molecule has 148 valence electrons. The number of carbonyl (C=O) groups is 1. The maximum absolute atomic E-state index is 11.7. The van der Waals surface area contributed by atoms with Crippen LogP contribution in [0.2, 0.25) is 5.02 Å². The highest BCUT2D eigenvalue weighted by molar-refractivity contribution is 6.33. The fourth-order valence-corrected chi connectivity index (χ4v) is 2.65. The van der Waals surface area contributed by atoms with Crippen molar-refractivity contribution in [1.82, 2.24) is 9.97 Å². The number of nitrogens with one attached hydrogen (secondary N) is 2. The summed E-state index contributed by atoms with van der Waals surface area (Å²) < 4.78 is 4.93. The number of nitro groups is 1. The molecule has 1 heterocycles. The van der Waals surface area contributed by atoms with E-state index in [-0.39, 0.29) is 23.9 Å². The number of anilines is 4. The third-order valence-electron chi connectivity index (χ3n) is 3.79. The Morgan fingerprint density at radius 1 is 1.10 bits per heavy atom. The number of rotatable bonds is 7. The molecule has 2 aromatic carbocycles. The van der Waals surface area contributed by atoms with E-state index in [0.29, 0.717) is 22.0 Å². The van der Waals surface area contributed by atoms with E-state index in [1.165, 1.54) is 6.33 Å². The van der Waals surface area contributed by atoms with Gasteiger partial charge in [-0.15, -0.1) is 0 Å². The van der Waals surface area contributed by atoms with Gasteiger partial charge in [0.2, 0.25) is 11.6 Å². The molecule has 0 bridgehead atoms. The van der Waals surface area contributed by atoms with Crippen molar-refractivity contribution >= 4 is 46.3 Å². The summed E-state index contributed by atoms with van der Waals surface area (Å²) in [6, 6.07) is 13.1. The van der Waals surface area contributed by atoms with E-state index in [2.05, 4.69) is 20.6 Å². The number of para-hydroxylation sites is 1. The zero-order valence-electron chi connectivity index (χ0n) is 15.3. The van der Waals surface area contributed by atoms with Crippen LogP contribution in [0, 0.1) is 10.1 Å². The maximum atomic E-state index is 11.7. The SMILES string of the molecule is CCOC(=O)c1ccc(Nc2ncnc(Nc3ccccc3Cl)c2[N+](=O)[O-])cc1. The first-order valence-electron chi connectivity index (χ1n) is 8.54. The fraction of sp³-hybridized carbons (Fsp3) is 0.105. The topological polar surface area (TPSA) is 119 Å². The van der Waals surface area contributed by atoms with Crippen molar-refractivity contribution in [3.8, 4) is 0 Å². The second-order valence-corrected chi connectivity index (χ2v) is 6.11. The lowest BCUT2D eigenvalue weighted by Crippen LogP contribution is -2.06. The van der Waals surface area contributed by atoms with Crippen molar-refractivity contribution in [2.45, 2.75) is 6.92 Å². The number of aromatic nitrogens is 2. The third kappa shape index (κ3) is 4.77. The van der Waals surface area contributed by atoms with Crippen LogP contribution < -0.4 is 10.6 Å².